The molecule has 34 heavy (non-hydrogen) atoms. The molecule has 0 spiro atoms. The maximum Gasteiger partial charge on any atom is 0.435 e. The van der Waals surface area contributed by atoms with Crippen LogP contribution in [0.15, 0.2) is 49.0 Å². The van der Waals surface area contributed by atoms with Gasteiger partial charge in [0.1, 0.15) is 5.54 Å². The van der Waals surface area contributed by atoms with Crippen molar-refractivity contribution in [1.29, 1.82) is 5.26 Å². The highest BCUT2D eigenvalue weighted by Gasteiger charge is 2.73. The van der Waals surface area contributed by atoms with Crippen molar-refractivity contribution in [3.8, 4) is 6.07 Å². The summed E-state index contributed by atoms with van der Waals surface area (Å²) in [5.74, 6) is -0.587. The lowest BCUT2D eigenvalue weighted by molar-refractivity contribution is -0.348. The SMILES string of the molecule is C=C(Nc1ccc(C(F)(C(F)(F)F)C(F)(F)F)cc1)c1cccc(C)c1C(=O)NC(C)(C)C#N. The summed E-state index contributed by atoms with van der Waals surface area (Å²) in [5.41, 5.74) is -7.28. The standard InChI is InChI=1S/C23H20F7N3O/c1-13-6-5-7-17(18(13)19(34)33-20(3,4)12-31)14(2)32-16-10-8-15(9-11-16)21(24,22(25,26)27)23(28,29)30/h5-11,32H,2H2,1,3-4H3,(H,33,34). The van der Waals surface area contributed by atoms with E-state index in [9.17, 15) is 35.5 Å². The van der Waals surface area contributed by atoms with Crippen LogP contribution in [0.2, 0.25) is 0 Å². The Morgan fingerprint density at radius 1 is 0.941 bits per heavy atom. The summed E-state index contributed by atoms with van der Waals surface area (Å²) >= 11 is 0. The zero-order chi connectivity index (χ0) is 26.1. The van der Waals surface area contributed by atoms with Crippen LogP contribution in [0.1, 0.15) is 40.9 Å². The van der Waals surface area contributed by atoms with E-state index >= 15 is 0 Å². The molecule has 0 aliphatic carbocycles. The predicted octanol–water partition coefficient (Wildman–Crippen LogP) is 6.40. The topological polar surface area (TPSA) is 64.9 Å². The number of amides is 1. The molecule has 11 heteroatoms. The first-order chi connectivity index (χ1) is 15.4. The van der Waals surface area contributed by atoms with Crippen LogP contribution in [-0.4, -0.2) is 23.8 Å². The second kappa shape index (κ2) is 9.00. The van der Waals surface area contributed by atoms with Crippen molar-refractivity contribution in [2.24, 2.45) is 0 Å². The second-order valence-corrected chi connectivity index (χ2v) is 8.02. The highest BCUT2D eigenvalue weighted by Crippen LogP contribution is 2.53. The largest absolute Gasteiger partial charge is 0.435 e. The summed E-state index contributed by atoms with van der Waals surface area (Å²) in [6, 6.07) is 9.10. The third kappa shape index (κ3) is 5.16. The number of alkyl halides is 7. The van der Waals surface area contributed by atoms with Gasteiger partial charge in [0.05, 0.1) is 11.6 Å². The fourth-order valence-electron chi connectivity index (χ4n) is 3.11. The molecule has 2 N–H and O–H groups in total. The molecule has 0 saturated carbocycles. The molecule has 0 aliphatic rings. The normalized spacial score (nSPS) is 12.6. The van der Waals surface area contributed by atoms with Crippen molar-refractivity contribution < 1.29 is 35.5 Å². The molecule has 1 amide bonds. The number of carbonyl (C=O) groups excluding carboxylic acids is 1. The van der Waals surface area contributed by atoms with Crippen LogP contribution in [0, 0.1) is 18.3 Å². The molecule has 0 aliphatic heterocycles. The molecule has 2 aromatic rings. The van der Waals surface area contributed by atoms with Crippen molar-refractivity contribution in [2.45, 2.75) is 44.3 Å². The minimum absolute atomic E-state index is 0.00525. The molecule has 182 valence electrons. The number of nitrogens with zero attached hydrogens (tertiary/aromatic N) is 1. The van der Waals surface area contributed by atoms with Gasteiger partial charge in [-0.2, -0.15) is 31.6 Å². The van der Waals surface area contributed by atoms with Crippen LogP contribution in [0.5, 0.6) is 0 Å². The van der Waals surface area contributed by atoms with E-state index in [2.05, 4.69) is 17.2 Å². The van der Waals surface area contributed by atoms with Crippen LogP contribution in [-0.2, 0) is 5.67 Å². The van der Waals surface area contributed by atoms with Gasteiger partial charge in [-0.1, -0.05) is 36.9 Å². The first-order valence-electron chi connectivity index (χ1n) is 9.67. The van der Waals surface area contributed by atoms with Crippen LogP contribution < -0.4 is 10.6 Å². The maximum atomic E-state index is 14.2. The molecular formula is C23H20F7N3O. The number of nitriles is 1. The number of nitrogens with one attached hydrogen (secondary N) is 2. The van der Waals surface area contributed by atoms with Crippen molar-refractivity contribution in [1.82, 2.24) is 5.32 Å². The number of hydrogen-bond acceptors (Lipinski definition) is 3. The summed E-state index contributed by atoms with van der Waals surface area (Å²) in [6.45, 7) is 8.40. The quantitative estimate of drug-likeness (QED) is 0.464. The minimum atomic E-state index is -6.22. The van der Waals surface area contributed by atoms with Gasteiger partial charge >= 0.3 is 18.0 Å². The highest BCUT2D eigenvalue weighted by atomic mass is 19.4. The lowest BCUT2D eigenvalue weighted by Gasteiger charge is -2.30. The van der Waals surface area contributed by atoms with E-state index < -0.39 is 35.0 Å². The molecule has 0 saturated heterocycles. The van der Waals surface area contributed by atoms with Gasteiger partial charge in [0.15, 0.2) is 0 Å². The monoisotopic (exact) mass is 487 g/mol. The summed E-state index contributed by atoms with van der Waals surface area (Å²) < 4.78 is 91.8. The molecule has 2 rings (SSSR count). The van der Waals surface area contributed by atoms with Gasteiger partial charge in [-0.05, 0) is 38.5 Å². The molecule has 4 nitrogen and oxygen atoms in total. The summed E-state index contributed by atoms with van der Waals surface area (Å²) in [6.07, 6.45) is -12.4. The van der Waals surface area contributed by atoms with E-state index in [0.29, 0.717) is 17.7 Å². The Morgan fingerprint density at radius 3 is 1.94 bits per heavy atom. The molecule has 0 heterocycles. The fourth-order valence-corrected chi connectivity index (χ4v) is 3.11. The summed E-state index contributed by atoms with van der Waals surface area (Å²) in [7, 11) is 0. The fraction of sp³-hybridized carbons (Fsp3) is 0.304. The van der Waals surface area contributed by atoms with E-state index in [0.717, 1.165) is 12.1 Å². The average molecular weight is 487 g/mol. The first-order valence-corrected chi connectivity index (χ1v) is 9.67. The molecule has 0 unspecified atom stereocenters. The van der Waals surface area contributed by atoms with Gasteiger partial charge < -0.3 is 10.6 Å². The number of anilines is 1. The van der Waals surface area contributed by atoms with Gasteiger partial charge in [-0.3, -0.25) is 4.79 Å². The number of aryl methyl sites for hydroxylation is 1. The predicted molar refractivity (Wildman–Crippen MR) is 112 cm³/mol. The summed E-state index contributed by atoms with van der Waals surface area (Å²) in [5, 5.41) is 14.4. The molecule has 0 aromatic heterocycles. The maximum absolute atomic E-state index is 14.2. The number of benzene rings is 2. The van der Waals surface area contributed by atoms with Crippen molar-refractivity contribution in [3.05, 3.63) is 71.3 Å². The van der Waals surface area contributed by atoms with Crippen LogP contribution >= 0.6 is 0 Å². The van der Waals surface area contributed by atoms with Gasteiger partial charge in [0.25, 0.3) is 5.91 Å². The van der Waals surface area contributed by atoms with Gasteiger partial charge in [-0.15, -0.1) is 0 Å². The summed E-state index contributed by atoms with van der Waals surface area (Å²) in [4.78, 5) is 12.8. The number of carbonyl (C=O) groups is 1. The Morgan fingerprint density at radius 2 is 1.47 bits per heavy atom. The Balaban J connectivity index is 2.37. The van der Waals surface area contributed by atoms with Crippen LogP contribution in [0.25, 0.3) is 5.70 Å². The molecular weight excluding hydrogens is 467 g/mol. The van der Waals surface area contributed by atoms with E-state index in [1.54, 1.807) is 19.1 Å². The molecule has 0 radical (unpaired) electrons. The number of rotatable bonds is 6. The lowest BCUT2D eigenvalue weighted by atomic mass is 9.94. The Hall–Kier alpha value is -3.55. The van der Waals surface area contributed by atoms with E-state index in [4.69, 9.17) is 5.26 Å². The highest BCUT2D eigenvalue weighted by molar-refractivity contribution is 6.01. The average Bonchev–Trinajstić information content (AvgIpc) is 2.71. The molecule has 0 fully saturated rings. The Kier molecular flexibility index (Phi) is 7.07. The second-order valence-electron chi connectivity index (χ2n) is 8.02. The van der Waals surface area contributed by atoms with Crippen LogP contribution in [0.4, 0.5) is 36.4 Å². The number of hydrogen-bond donors (Lipinski definition) is 2. The smallest absolute Gasteiger partial charge is 0.356 e. The van der Waals surface area contributed by atoms with Gasteiger partial charge in [0, 0.05) is 22.5 Å². The number of halogens is 7. The van der Waals surface area contributed by atoms with E-state index in [1.165, 1.54) is 19.9 Å². The van der Waals surface area contributed by atoms with E-state index in [-0.39, 0.29) is 22.5 Å². The Bertz CT molecular complexity index is 1110. The first kappa shape index (κ1) is 26.7. The van der Waals surface area contributed by atoms with Crippen molar-refractivity contribution >= 4 is 17.3 Å². The van der Waals surface area contributed by atoms with E-state index in [1.807, 2.05) is 6.07 Å². The lowest BCUT2D eigenvalue weighted by Crippen LogP contribution is -2.50. The minimum Gasteiger partial charge on any atom is -0.356 e. The Labute approximate surface area is 191 Å². The zero-order valence-electron chi connectivity index (χ0n) is 18.2. The molecule has 2 aromatic carbocycles. The third-order valence-electron chi connectivity index (χ3n) is 4.89. The van der Waals surface area contributed by atoms with Gasteiger partial charge in [0.2, 0.25) is 0 Å². The van der Waals surface area contributed by atoms with Gasteiger partial charge in [-0.25, -0.2) is 4.39 Å². The molecule has 0 atom stereocenters. The van der Waals surface area contributed by atoms with Crippen LogP contribution in [0.3, 0.4) is 0 Å². The molecule has 0 bridgehead atoms. The zero-order valence-corrected chi connectivity index (χ0v) is 18.2. The van der Waals surface area contributed by atoms with Crippen molar-refractivity contribution in [2.75, 3.05) is 5.32 Å². The van der Waals surface area contributed by atoms with Crippen molar-refractivity contribution in [3.63, 3.8) is 0 Å². The third-order valence-corrected chi connectivity index (χ3v) is 4.89.